The third-order valence-corrected chi connectivity index (χ3v) is 1.87. The summed E-state index contributed by atoms with van der Waals surface area (Å²) < 4.78 is 9.95. The summed E-state index contributed by atoms with van der Waals surface area (Å²) in [6.07, 6.45) is 1.69. The summed E-state index contributed by atoms with van der Waals surface area (Å²) in [5, 5.41) is 11.6. The fourth-order valence-electron chi connectivity index (χ4n) is 1.10. The maximum Gasteiger partial charge on any atom is 0.100 e. The molecule has 1 aliphatic heterocycles. The van der Waals surface area contributed by atoms with Gasteiger partial charge in [0.05, 0.1) is 25.6 Å². The van der Waals surface area contributed by atoms with Crippen LogP contribution < -0.4 is 5.32 Å². The SMILES string of the molecule is Cc1ccco1.OCC1CNCCO1. The predicted octanol–water partition coefficient (Wildman–Crippen LogP) is 0.555. The molecule has 0 saturated carbocycles. The Morgan fingerprint density at radius 3 is 2.79 bits per heavy atom. The Morgan fingerprint density at radius 1 is 1.64 bits per heavy atom. The average molecular weight is 199 g/mol. The van der Waals surface area contributed by atoms with Crippen LogP contribution in [0.1, 0.15) is 5.76 Å². The van der Waals surface area contributed by atoms with E-state index < -0.39 is 0 Å². The van der Waals surface area contributed by atoms with Crippen molar-refractivity contribution >= 4 is 0 Å². The maximum absolute atomic E-state index is 8.53. The van der Waals surface area contributed by atoms with Gasteiger partial charge in [-0.3, -0.25) is 0 Å². The van der Waals surface area contributed by atoms with Gasteiger partial charge in [-0.1, -0.05) is 0 Å². The fraction of sp³-hybridized carbons (Fsp3) is 0.600. The van der Waals surface area contributed by atoms with Crippen LogP contribution in [-0.4, -0.2) is 37.5 Å². The van der Waals surface area contributed by atoms with Crippen molar-refractivity contribution in [1.82, 2.24) is 5.32 Å². The maximum atomic E-state index is 8.53. The quantitative estimate of drug-likeness (QED) is 0.693. The van der Waals surface area contributed by atoms with Gasteiger partial charge in [-0.25, -0.2) is 0 Å². The number of morpholine rings is 1. The van der Waals surface area contributed by atoms with Gasteiger partial charge in [0.1, 0.15) is 5.76 Å². The van der Waals surface area contributed by atoms with Gasteiger partial charge in [-0.05, 0) is 19.1 Å². The lowest BCUT2D eigenvalue weighted by molar-refractivity contribution is -0.00618. The van der Waals surface area contributed by atoms with Crippen LogP contribution in [0.15, 0.2) is 22.8 Å². The molecular weight excluding hydrogens is 182 g/mol. The lowest BCUT2D eigenvalue weighted by Gasteiger charge is -2.21. The van der Waals surface area contributed by atoms with Crippen molar-refractivity contribution in [1.29, 1.82) is 0 Å². The third-order valence-electron chi connectivity index (χ3n) is 1.87. The first-order valence-electron chi connectivity index (χ1n) is 4.76. The van der Waals surface area contributed by atoms with Gasteiger partial charge in [0.25, 0.3) is 0 Å². The van der Waals surface area contributed by atoms with E-state index in [4.69, 9.17) is 14.3 Å². The number of aliphatic hydroxyl groups excluding tert-OH is 1. The molecule has 4 heteroatoms. The summed E-state index contributed by atoms with van der Waals surface area (Å²) in [5.41, 5.74) is 0. The van der Waals surface area contributed by atoms with Gasteiger partial charge in [0.15, 0.2) is 0 Å². The van der Waals surface area contributed by atoms with E-state index in [9.17, 15) is 0 Å². The second-order valence-corrected chi connectivity index (χ2v) is 3.10. The molecule has 2 heterocycles. The molecule has 0 amide bonds. The summed E-state index contributed by atoms with van der Waals surface area (Å²) in [6.45, 7) is 4.48. The van der Waals surface area contributed by atoms with E-state index in [0.29, 0.717) is 0 Å². The zero-order valence-corrected chi connectivity index (χ0v) is 8.40. The number of aryl methyl sites for hydroxylation is 1. The Bertz CT molecular complexity index is 217. The second kappa shape index (κ2) is 6.59. The molecule has 2 rings (SSSR count). The molecule has 1 aromatic heterocycles. The van der Waals surface area contributed by atoms with Crippen LogP contribution in [0.2, 0.25) is 0 Å². The Balaban J connectivity index is 0.000000146. The monoisotopic (exact) mass is 199 g/mol. The molecule has 80 valence electrons. The van der Waals surface area contributed by atoms with Crippen molar-refractivity contribution in [2.75, 3.05) is 26.3 Å². The molecule has 2 N–H and O–H groups in total. The average Bonchev–Trinajstić information content (AvgIpc) is 2.71. The second-order valence-electron chi connectivity index (χ2n) is 3.10. The molecule has 1 fully saturated rings. The highest BCUT2D eigenvalue weighted by Crippen LogP contribution is 1.93. The summed E-state index contributed by atoms with van der Waals surface area (Å²) in [6, 6.07) is 3.79. The van der Waals surface area contributed by atoms with Gasteiger partial charge in [-0.15, -0.1) is 0 Å². The molecule has 1 aromatic rings. The zero-order valence-electron chi connectivity index (χ0n) is 8.40. The molecule has 1 atom stereocenters. The van der Waals surface area contributed by atoms with E-state index in [1.54, 1.807) is 6.26 Å². The number of rotatable bonds is 1. The van der Waals surface area contributed by atoms with Crippen molar-refractivity contribution in [3.05, 3.63) is 24.2 Å². The van der Waals surface area contributed by atoms with E-state index in [2.05, 4.69) is 5.32 Å². The molecule has 14 heavy (non-hydrogen) atoms. The summed E-state index contributed by atoms with van der Waals surface area (Å²) in [5.74, 6) is 0.968. The number of aliphatic hydroxyl groups is 1. The Kier molecular flexibility index (Phi) is 5.29. The molecule has 1 saturated heterocycles. The normalized spacial score (nSPS) is 21.1. The van der Waals surface area contributed by atoms with E-state index in [0.717, 1.165) is 25.5 Å². The van der Waals surface area contributed by atoms with Crippen LogP contribution in [0.3, 0.4) is 0 Å². The molecule has 0 spiro atoms. The van der Waals surface area contributed by atoms with Gasteiger partial charge in [0, 0.05) is 13.1 Å². The van der Waals surface area contributed by atoms with Crippen LogP contribution in [-0.2, 0) is 4.74 Å². The largest absolute Gasteiger partial charge is 0.470 e. The van der Waals surface area contributed by atoms with E-state index >= 15 is 0 Å². The van der Waals surface area contributed by atoms with Gasteiger partial charge in [-0.2, -0.15) is 0 Å². The molecule has 0 aromatic carbocycles. The minimum absolute atomic E-state index is 0.0312. The Labute approximate surface area is 83.9 Å². The van der Waals surface area contributed by atoms with Crippen molar-refractivity contribution in [3.63, 3.8) is 0 Å². The van der Waals surface area contributed by atoms with Gasteiger partial charge in [0.2, 0.25) is 0 Å². The van der Waals surface area contributed by atoms with Crippen molar-refractivity contribution in [3.8, 4) is 0 Å². The van der Waals surface area contributed by atoms with Gasteiger partial charge < -0.3 is 19.6 Å². The van der Waals surface area contributed by atoms with Crippen LogP contribution >= 0.6 is 0 Å². The van der Waals surface area contributed by atoms with Crippen molar-refractivity contribution in [2.24, 2.45) is 0 Å². The minimum atomic E-state index is 0.0312. The summed E-state index contributed by atoms with van der Waals surface area (Å²) in [7, 11) is 0. The fourth-order valence-corrected chi connectivity index (χ4v) is 1.10. The van der Waals surface area contributed by atoms with Crippen LogP contribution in [0.5, 0.6) is 0 Å². The molecule has 4 nitrogen and oxygen atoms in total. The molecule has 0 bridgehead atoms. The number of nitrogens with one attached hydrogen (secondary N) is 1. The first-order valence-corrected chi connectivity index (χ1v) is 4.76. The summed E-state index contributed by atoms with van der Waals surface area (Å²) >= 11 is 0. The number of hydrogen-bond acceptors (Lipinski definition) is 4. The van der Waals surface area contributed by atoms with Crippen molar-refractivity contribution < 1.29 is 14.3 Å². The highest BCUT2D eigenvalue weighted by Gasteiger charge is 2.10. The topological polar surface area (TPSA) is 54.6 Å². The number of ether oxygens (including phenoxy) is 1. The zero-order chi connectivity index (χ0) is 10.2. The molecule has 1 aliphatic rings. The van der Waals surface area contributed by atoms with E-state index in [1.807, 2.05) is 19.1 Å². The predicted molar refractivity (Wildman–Crippen MR) is 53.1 cm³/mol. The number of hydrogen-bond donors (Lipinski definition) is 2. The lowest BCUT2D eigenvalue weighted by atomic mass is 10.3. The van der Waals surface area contributed by atoms with Gasteiger partial charge >= 0.3 is 0 Å². The Hall–Kier alpha value is -0.840. The molecule has 1 unspecified atom stereocenters. The van der Waals surface area contributed by atoms with E-state index in [-0.39, 0.29) is 12.7 Å². The third kappa shape index (κ3) is 4.41. The number of furan rings is 1. The first-order chi connectivity index (χ1) is 6.83. The highest BCUT2D eigenvalue weighted by molar-refractivity contribution is 4.93. The Morgan fingerprint density at radius 2 is 2.50 bits per heavy atom. The highest BCUT2D eigenvalue weighted by atomic mass is 16.5. The summed E-state index contributed by atoms with van der Waals surface area (Å²) in [4.78, 5) is 0. The van der Waals surface area contributed by atoms with Crippen molar-refractivity contribution in [2.45, 2.75) is 13.0 Å². The molecule has 0 radical (unpaired) electrons. The van der Waals surface area contributed by atoms with Crippen LogP contribution in [0, 0.1) is 6.92 Å². The lowest BCUT2D eigenvalue weighted by Crippen LogP contribution is -2.40. The van der Waals surface area contributed by atoms with E-state index in [1.165, 1.54) is 0 Å². The minimum Gasteiger partial charge on any atom is -0.470 e. The first kappa shape index (κ1) is 11.2. The smallest absolute Gasteiger partial charge is 0.100 e. The van der Waals surface area contributed by atoms with Crippen LogP contribution in [0.4, 0.5) is 0 Å². The van der Waals surface area contributed by atoms with Crippen LogP contribution in [0.25, 0.3) is 0 Å². The standard InChI is InChI=1S/C5H11NO2.C5H6O/c7-4-5-3-6-1-2-8-5;1-5-3-2-4-6-5/h5-7H,1-4H2;2-4H,1H3. The molecular formula is C10H17NO3. The molecule has 0 aliphatic carbocycles.